The van der Waals surface area contributed by atoms with E-state index in [9.17, 15) is 0 Å². The van der Waals surface area contributed by atoms with Crippen LogP contribution < -0.4 is 5.43 Å². The molecule has 0 fully saturated rings. The van der Waals surface area contributed by atoms with Gasteiger partial charge >= 0.3 is 0 Å². The number of aromatic nitrogens is 2. The Kier molecular flexibility index (Phi) is 5.79. The Morgan fingerprint density at radius 2 is 2.33 bits per heavy atom. The average Bonchev–Trinajstić information content (AvgIpc) is 2.56. The van der Waals surface area contributed by atoms with E-state index in [4.69, 9.17) is 0 Å². The summed E-state index contributed by atoms with van der Waals surface area (Å²) in [6.45, 7) is 10.5. The van der Waals surface area contributed by atoms with Crippen molar-refractivity contribution in [2.75, 3.05) is 12.0 Å². The minimum Gasteiger partial charge on any atom is -0.325 e. The first kappa shape index (κ1) is 10.8. The van der Waals surface area contributed by atoms with Crippen LogP contribution in [0.15, 0.2) is 19.0 Å². The minimum atomic E-state index is 0.849. The van der Waals surface area contributed by atoms with Crippen molar-refractivity contribution in [3.63, 3.8) is 0 Å². The Morgan fingerprint density at radius 3 is 2.83 bits per heavy atom. The van der Waals surface area contributed by atoms with E-state index in [1.807, 2.05) is 31.6 Å². The maximum Gasteiger partial charge on any atom is 0.150 e. The molecule has 3 heteroatoms. The molecule has 0 spiro atoms. The van der Waals surface area contributed by atoms with E-state index in [1.165, 1.54) is 0 Å². The summed E-state index contributed by atoms with van der Waals surface area (Å²) in [6.07, 6.45) is 5.31. The van der Waals surface area contributed by atoms with Crippen molar-refractivity contribution in [2.45, 2.75) is 20.8 Å². The standard InChI is InChI=1S/C7H11N3.C2H6/c1-3-7-8-5-6-10(7)9-4-2;1-2/h3,5-6,9H,1,4H2,2H3;1-2H3. The van der Waals surface area contributed by atoms with Crippen molar-refractivity contribution in [2.24, 2.45) is 0 Å². The van der Waals surface area contributed by atoms with Crippen molar-refractivity contribution < 1.29 is 0 Å². The summed E-state index contributed by atoms with van der Waals surface area (Å²) in [4.78, 5) is 4.04. The fourth-order valence-corrected chi connectivity index (χ4v) is 0.770. The molecule has 0 atom stereocenters. The summed E-state index contributed by atoms with van der Waals surface area (Å²) in [5.41, 5.74) is 3.09. The molecule has 0 radical (unpaired) electrons. The van der Waals surface area contributed by atoms with Crippen molar-refractivity contribution in [1.82, 2.24) is 9.66 Å². The first-order chi connectivity index (χ1) is 5.88. The van der Waals surface area contributed by atoms with Gasteiger partial charge in [0, 0.05) is 18.9 Å². The lowest BCUT2D eigenvalue weighted by Crippen LogP contribution is -2.13. The van der Waals surface area contributed by atoms with Gasteiger partial charge in [-0.1, -0.05) is 20.4 Å². The van der Waals surface area contributed by atoms with Gasteiger partial charge in [-0.25, -0.2) is 9.66 Å². The van der Waals surface area contributed by atoms with Crippen LogP contribution in [0.1, 0.15) is 26.6 Å². The Morgan fingerprint density at radius 1 is 1.67 bits per heavy atom. The lowest BCUT2D eigenvalue weighted by atomic mass is 10.6. The predicted molar refractivity (Wildman–Crippen MR) is 53.6 cm³/mol. The number of rotatable bonds is 3. The molecule has 0 bridgehead atoms. The molecule has 12 heavy (non-hydrogen) atoms. The molecule has 68 valence electrons. The molecule has 0 saturated carbocycles. The zero-order valence-corrected chi connectivity index (χ0v) is 8.04. The number of nitrogens with one attached hydrogen (secondary N) is 1. The van der Waals surface area contributed by atoms with Crippen LogP contribution in [-0.2, 0) is 0 Å². The van der Waals surface area contributed by atoms with Crippen LogP contribution in [-0.4, -0.2) is 16.2 Å². The lowest BCUT2D eigenvalue weighted by Gasteiger charge is -2.04. The second-order valence-corrected chi connectivity index (χ2v) is 1.87. The van der Waals surface area contributed by atoms with Crippen molar-refractivity contribution in [3.05, 3.63) is 24.8 Å². The van der Waals surface area contributed by atoms with Gasteiger partial charge < -0.3 is 5.43 Å². The highest BCUT2D eigenvalue weighted by atomic mass is 15.4. The van der Waals surface area contributed by atoms with Gasteiger partial charge in [0.05, 0.1) is 0 Å². The van der Waals surface area contributed by atoms with E-state index in [2.05, 4.69) is 17.0 Å². The Labute approximate surface area is 74.1 Å². The smallest absolute Gasteiger partial charge is 0.150 e. The first-order valence-electron chi connectivity index (χ1n) is 4.28. The van der Waals surface area contributed by atoms with Gasteiger partial charge in [-0.2, -0.15) is 0 Å². The Bertz CT molecular complexity index is 215. The molecule has 0 aliphatic heterocycles. The van der Waals surface area contributed by atoms with E-state index < -0.39 is 0 Å². The maximum atomic E-state index is 4.04. The summed E-state index contributed by atoms with van der Waals surface area (Å²) in [7, 11) is 0. The molecular formula is C9H17N3. The monoisotopic (exact) mass is 167 g/mol. The number of hydrogen-bond acceptors (Lipinski definition) is 2. The molecule has 1 rings (SSSR count). The Balaban J connectivity index is 0.000000561. The van der Waals surface area contributed by atoms with Crippen LogP contribution in [0.25, 0.3) is 6.08 Å². The normalized spacial score (nSPS) is 8.25. The summed E-state index contributed by atoms with van der Waals surface area (Å²) in [5.74, 6) is 0.849. The molecule has 1 aromatic rings. The van der Waals surface area contributed by atoms with Crippen LogP contribution >= 0.6 is 0 Å². The highest BCUT2D eigenvalue weighted by Gasteiger charge is 1.92. The van der Waals surface area contributed by atoms with Crippen molar-refractivity contribution in [3.8, 4) is 0 Å². The third kappa shape index (κ3) is 2.78. The van der Waals surface area contributed by atoms with Gasteiger partial charge in [0.2, 0.25) is 0 Å². The highest BCUT2D eigenvalue weighted by Crippen LogP contribution is 1.94. The summed E-state index contributed by atoms with van der Waals surface area (Å²) < 4.78 is 1.84. The van der Waals surface area contributed by atoms with Gasteiger partial charge in [0.25, 0.3) is 0 Å². The van der Waals surface area contributed by atoms with E-state index >= 15 is 0 Å². The SMILES string of the molecule is C=Cc1nccn1NCC.CC. The number of imidazole rings is 1. The van der Waals surface area contributed by atoms with E-state index in [0.29, 0.717) is 0 Å². The lowest BCUT2D eigenvalue weighted by molar-refractivity contribution is 0.851. The van der Waals surface area contributed by atoms with Gasteiger partial charge in [0.1, 0.15) is 5.82 Å². The van der Waals surface area contributed by atoms with Crippen molar-refractivity contribution >= 4 is 6.08 Å². The predicted octanol–water partition coefficient (Wildman–Crippen LogP) is 2.12. The molecule has 0 unspecified atom stereocenters. The number of hydrogen-bond donors (Lipinski definition) is 1. The van der Waals surface area contributed by atoms with Gasteiger partial charge in [-0.3, -0.25) is 0 Å². The zero-order chi connectivity index (χ0) is 9.40. The quantitative estimate of drug-likeness (QED) is 0.747. The third-order valence-electron chi connectivity index (χ3n) is 1.18. The largest absolute Gasteiger partial charge is 0.325 e. The van der Waals surface area contributed by atoms with Gasteiger partial charge in [-0.15, -0.1) is 0 Å². The maximum absolute atomic E-state index is 4.04. The fourth-order valence-electron chi connectivity index (χ4n) is 0.770. The summed E-state index contributed by atoms with van der Waals surface area (Å²) in [5, 5.41) is 0. The second-order valence-electron chi connectivity index (χ2n) is 1.87. The van der Waals surface area contributed by atoms with Crippen LogP contribution in [0.5, 0.6) is 0 Å². The topological polar surface area (TPSA) is 29.9 Å². The molecule has 0 amide bonds. The van der Waals surface area contributed by atoms with Crippen LogP contribution in [0, 0.1) is 0 Å². The molecular weight excluding hydrogens is 150 g/mol. The Hall–Kier alpha value is -1.25. The minimum absolute atomic E-state index is 0.849. The van der Waals surface area contributed by atoms with E-state index in [1.54, 1.807) is 12.3 Å². The first-order valence-corrected chi connectivity index (χ1v) is 4.28. The number of nitrogens with zero attached hydrogens (tertiary/aromatic N) is 2. The molecule has 1 N–H and O–H groups in total. The molecule has 0 aromatic carbocycles. The molecule has 1 heterocycles. The molecule has 0 aliphatic rings. The third-order valence-corrected chi connectivity index (χ3v) is 1.18. The summed E-state index contributed by atoms with van der Waals surface area (Å²) in [6, 6.07) is 0. The van der Waals surface area contributed by atoms with Gasteiger partial charge in [0.15, 0.2) is 0 Å². The zero-order valence-electron chi connectivity index (χ0n) is 8.04. The van der Waals surface area contributed by atoms with Crippen molar-refractivity contribution in [1.29, 1.82) is 0 Å². The summed E-state index contributed by atoms with van der Waals surface area (Å²) >= 11 is 0. The average molecular weight is 167 g/mol. The van der Waals surface area contributed by atoms with E-state index in [-0.39, 0.29) is 0 Å². The highest BCUT2D eigenvalue weighted by molar-refractivity contribution is 5.36. The molecule has 0 saturated heterocycles. The molecule has 1 aromatic heterocycles. The van der Waals surface area contributed by atoms with Crippen LogP contribution in [0.2, 0.25) is 0 Å². The second kappa shape index (κ2) is 6.46. The van der Waals surface area contributed by atoms with Gasteiger partial charge in [-0.05, 0) is 13.0 Å². The van der Waals surface area contributed by atoms with E-state index in [0.717, 1.165) is 12.4 Å². The van der Waals surface area contributed by atoms with Crippen LogP contribution in [0.3, 0.4) is 0 Å². The molecule has 0 aliphatic carbocycles. The van der Waals surface area contributed by atoms with Crippen LogP contribution in [0.4, 0.5) is 0 Å². The fraction of sp³-hybridized carbons (Fsp3) is 0.444. The molecule has 3 nitrogen and oxygen atoms in total.